The molecule has 4 heteroatoms. The van der Waals surface area contributed by atoms with Gasteiger partial charge in [0.1, 0.15) is 0 Å². The summed E-state index contributed by atoms with van der Waals surface area (Å²) in [5.74, 6) is 0. The van der Waals surface area contributed by atoms with E-state index in [1.807, 2.05) is 20.8 Å². The van der Waals surface area contributed by atoms with Gasteiger partial charge >= 0.3 is 6.03 Å². The predicted octanol–water partition coefficient (Wildman–Crippen LogP) is 1.31. The van der Waals surface area contributed by atoms with E-state index in [1.54, 1.807) is 4.90 Å². The molecule has 1 aliphatic heterocycles. The fourth-order valence-corrected chi connectivity index (χ4v) is 1.91. The van der Waals surface area contributed by atoms with E-state index in [0.717, 1.165) is 12.8 Å². The summed E-state index contributed by atoms with van der Waals surface area (Å²) in [6.45, 7) is 9.42. The van der Waals surface area contributed by atoms with Gasteiger partial charge < -0.3 is 16.0 Å². The minimum absolute atomic E-state index is 0.000298. The highest BCUT2D eigenvalue weighted by molar-refractivity contribution is 5.76. The Morgan fingerprint density at radius 1 is 1.47 bits per heavy atom. The molecule has 0 unspecified atom stereocenters. The topological polar surface area (TPSA) is 58.4 Å². The van der Waals surface area contributed by atoms with Gasteiger partial charge in [-0.25, -0.2) is 4.79 Å². The lowest BCUT2D eigenvalue weighted by atomic mass is 9.87. The number of hydrogen-bond acceptors (Lipinski definition) is 2. The van der Waals surface area contributed by atoms with E-state index in [1.165, 1.54) is 0 Å². The second-order valence-corrected chi connectivity index (χ2v) is 5.65. The van der Waals surface area contributed by atoms with Crippen molar-refractivity contribution >= 4 is 6.03 Å². The Morgan fingerprint density at radius 2 is 2.00 bits per heavy atom. The third kappa shape index (κ3) is 3.38. The summed E-state index contributed by atoms with van der Waals surface area (Å²) in [6, 6.07) is -0.000298. The van der Waals surface area contributed by atoms with Gasteiger partial charge in [-0.2, -0.15) is 0 Å². The quantitative estimate of drug-likeness (QED) is 0.726. The molecule has 1 aliphatic rings. The lowest BCUT2D eigenvalue weighted by Gasteiger charge is -2.48. The molecule has 0 spiro atoms. The smallest absolute Gasteiger partial charge is 0.317 e. The first-order chi connectivity index (χ1) is 6.76. The minimum atomic E-state index is -0.172. The average Bonchev–Trinajstić information content (AvgIpc) is 1.96. The molecular weight excluding hydrogens is 190 g/mol. The van der Waals surface area contributed by atoms with Crippen LogP contribution in [0.2, 0.25) is 0 Å². The van der Waals surface area contributed by atoms with Crippen molar-refractivity contribution in [1.82, 2.24) is 10.2 Å². The summed E-state index contributed by atoms with van der Waals surface area (Å²) in [5.41, 5.74) is 5.78. The third-order valence-corrected chi connectivity index (χ3v) is 2.53. The molecule has 1 heterocycles. The van der Waals surface area contributed by atoms with Crippen LogP contribution in [0.5, 0.6) is 0 Å². The first-order valence-corrected chi connectivity index (χ1v) is 5.62. The molecule has 0 radical (unpaired) electrons. The van der Waals surface area contributed by atoms with Gasteiger partial charge in [-0.15, -0.1) is 0 Å². The van der Waals surface area contributed by atoms with Crippen molar-refractivity contribution in [2.75, 3.05) is 13.1 Å². The van der Waals surface area contributed by atoms with Crippen LogP contribution in [-0.4, -0.2) is 35.1 Å². The SMILES string of the molecule is CCCC1(N)CN(C(=O)NC(C)(C)C)C1. The summed E-state index contributed by atoms with van der Waals surface area (Å²) >= 11 is 0. The monoisotopic (exact) mass is 213 g/mol. The molecule has 0 bridgehead atoms. The molecule has 0 atom stereocenters. The fourth-order valence-electron chi connectivity index (χ4n) is 1.91. The molecule has 88 valence electrons. The van der Waals surface area contributed by atoms with Gasteiger partial charge in [0.25, 0.3) is 0 Å². The maximum absolute atomic E-state index is 11.7. The number of likely N-dealkylation sites (tertiary alicyclic amines) is 1. The summed E-state index contributed by atoms with van der Waals surface area (Å²) in [5, 5.41) is 2.93. The van der Waals surface area contributed by atoms with Crippen LogP contribution >= 0.6 is 0 Å². The zero-order valence-electron chi connectivity index (χ0n) is 10.3. The number of nitrogens with one attached hydrogen (secondary N) is 1. The van der Waals surface area contributed by atoms with E-state index in [2.05, 4.69) is 12.2 Å². The molecule has 0 aromatic heterocycles. The Bertz CT molecular complexity index is 239. The highest BCUT2D eigenvalue weighted by atomic mass is 16.2. The second-order valence-electron chi connectivity index (χ2n) is 5.65. The Morgan fingerprint density at radius 3 is 2.40 bits per heavy atom. The van der Waals surface area contributed by atoms with Gasteiger partial charge in [-0.3, -0.25) is 0 Å². The minimum Gasteiger partial charge on any atom is -0.333 e. The van der Waals surface area contributed by atoms with Gasteiger partial charge in [0.15, 0.2) is 0 Å². The fraction of sp³-hybridized carbons (Fsp3) is 0.909. The number of hydrogen-bond donors (Lipinski definition) is 2. The largest absolute Gasteiger partial charge is 0.333 e. The molecule has 0 aromatic rings. The van der Waals surface area contributed by atoms with Crippen LogP contribution in [0, 0.1) is 0 Å². The predicted molar refractivity (Wildman–Crippen MR) is 61.7 cm³/mol. The Labute approximate surface area is 92.2 Å². The van der Waals surface area contributed by atoms with Crippen LogP contribution < -0.4 is 11.1 Å². The number of amides is 2. The number of nitrogens with zero attached hydrogens (tertiary/aromatic N) is 1. The van der Waals surface area contributed by atoms with Crippen molar-refractivity contribution in [1.29, 1.82) is 0 Å². The number of urea groups is 1. The first kappa shape index (κ1) is 12.3. The van der Waals surface area contributed by atoms with Crippen LogP contribution in [0.3, 0.4) is 0 Å². The Hall–Kier alpha value is -0.770. The molecule has 1 saturated heterocycles. The molecule has 3 N–H and O–H groups in total. The summed E-state index contributed by atoms with van der Waals surface area (Å²) in [4.78, 5) is 13.5. The molecule has 1 rings (SSSR count). The van der Waals surface area contributed by atoms with Crippen molar-refractivity contribution in [3.63, 3.8) is 0 Å². The van der Waals surface area contributed by atoms with Gasteiger partial charge in [-0.1, -0.05) is 13.3 Å². The lowest BCUT2D eigenvalue weighted by Crippen LogP contribution is -2.70. The molecule has 1 fully saturated rings. The van der Waals surface area contributed by atoms with Gasteiger partial charge in [0, 0.05) is 18.6 Å². The number of rotatable bonds is 2. The third-order valence-electron chi connectivity index (χ3n) is 2.53. The number of nitrogens with two attached hydrogens (primary N) is 1. The average molecular weight is 213 g/mol. The van der Waals surface area contributed by atoms with Crippen LogP contribution in [0.4, 0.5) is 4.79 Å². The van der Waals surface area contributed by atoms with E-state index in [-0.39, 0.29) is 17.1 Å². The highest BCUT2D eigenvalue weighted by Gasteiger charge is 2.41. The van der Waals surface area contributed by atoms with Crippen molar-refractivity contribution < 1.29 is 4.79 Å². The molecule has 15 heavy (non-hydrogen) atoms. The maximum atomic E-state index is 11.7. The standard InChI is InChI=1S/C11H23N3O/c1-5-6-11(12)7-14(8-11)9(15)13-10(2,3)4/h5-8,12H2,1-4H3,(H,13,15). The van der Waals surface area contributed by atoms with E-state index in [0.29, 0.717) is 13.1 Å². The van der Waals surface area contributed by atoms with E-state index < -0.39 is 0 Å². The normalized spacial score (nSPS) is 19.7. The van der Waals surface area contributed by atoms with Gasteiger partial charge in [0.2, 0.25) is 0 Å². The number of carbonyl (C=O) groups is 1. The van der Waals surface area contributed by atoms with Crippen molar-refractivity contribution in [2.45, 2.75) is 51.6 Å². The lowest BCUT2D eigenvalue weighted by molar-refractivity contribution is 0.0859. The van der Waals surface area contributed by atoms with Crippen LogP contribution in [0.25, 0.3) is 0 Å². The molecular formula is C11H23N3O. The molecule has 0 saturated carbocycles. The van der Waals surface area contributed by atoms with E-state index in [9.17, 15) is 4.79 Å². The molecule has 2 amide bonds. The van der Waals surface area contributed by atoms with Crippen LogP contribution in [-0.2, 0) is 0 Å². The summed E-state index contributed by atoms with van der Waals surface area (Å²) in [6.07, 6.45) is 2.07. The van der Waals surface area contributed by atoms with Crippen molar-refractivity contribution in [2.24, 2.45) is 5.73 Å². The zero-order chi connectivity index (χ0) is 11.7. The summed E-state index contributed by atoms with van der Waals surface area (Å²) < 4.78 is 0. The summed E-state index contributed by atoms with van der Waals surface area (Å²) in [7, 11) is 0. The Kier molecular flexibility index (Phi) is 3.28. The van der Waals surface area contributed by atoms with E-state index >= 15 is 0 Å². The zero-order valence-corrected chi connectivity index (χ0v) is 10.3. The van der Waals surface area contributed by atoms with Crippen molar-refractivity contribution in [3.8, 4) is 0 Å². The number of carbonyl (C=O) groups excluding carboxylic acids is 1. The molecule has 0 aliphatic carbocycles. The van der Waals surface area contributed by atoms with Gasteiger partial charge in [0.05, 0.1) is 5.54 Å². The van der Waals surface area contributed by atoms with Crippen LogP contribution in [0.15, 0.2) is 0 Å². The highest BCUT2D eigenvalue weighted by Crippen LogP contribution is 2.23. The van der Waals surface area contributed by atoms with Crippen molar-refractivity contribution in [3.05, 3.63) is 0 Å². The molecule has 0 aromatic carbocycles. The first-order valence-electron chi connectivity index (χ1n) is 5.62. The van der Waals surface area contributed by atoms with Gasteiger partial charge in [-0.05, 0) is 27.2 Å². The molecule has 4 nitrogen and oxygen atoms in total. The second kappa shape index (κ2) is 4.00. The van der Waals surface area contributed by atoms with E-state index in [4.69, 9.17) is 5.73 Å². The van der Waals surface area contributed by atoms with Crippen LogP contribution in [0.1, 0.15) is 40.5 Å². The maximum Gasteiger partial charge on any atom is 0.317 e. The Balaban J connectivity index is 2.35.